The third-order valence-corrected chi connectivity index (χ3v) is 4.31. The van der Waals surface area contributed by atoms with Crippen LogP contribution in [0.1, 0.15) is 25.0 Å². The van der Waals surface area contributed by atoms with Gasteiger partial charge in [-0.2, -0.15) is 0 Å². The van der Waals surface area contributed by atoms with Gasteiger partial charge in [0.05, 0.1) is 10.0 Å². The number of rotatable bonds is 3. The van der Waals surface area contributed by atoms with Crippen molar-refractivity contribution in [2.45, 2.75) is 32.4 Å². The molecule has 0 radical (unpaired) electrons. The van der Waals surface area contributed by atoms with Crippen LogP contribution < -0.4 is 10.1 Å². The Balaban J connectivity index is 1.78. The van der Waals surface area contributed by atoms with Crippen molar-refractivity contribution in [3.63, 3.8) is 0 Å². The van der Waals surface area contributed by atoms with E-state index in [-0.39, 0.29) is 5.60 Å². The highest BCUT2D eigenvalue weighted by atomic mass is 35.5. The third-order valence-electron chi connectivity index (χ3n) is 3.58. The minimum atomic E-state index is -0.123. The van der Waals surface area contributed by atoms with Crippen molar-refractivity contribution < 1.29 is 4.74 Å². The fraction of sp³-hybridized carbons (Fsp3) is 0.294. The van der Waals surface area contributed by atoms with E-state index in [1.807, 2.05) is 12.1 Å². The van der Waals surface area contributed by atoms with Crippen LogP contribution in [0.15, 0.2) is 36.4 Å². The highest BCUT2D eigenvalue weighted by molar-refractivity contribution is 6.42. The topological polar surface area (TPSA) is 21.3 Å². The molecule has 2 aromatic rings. The third kappa shape index (κ3) is 3.12. The molecule has 0 atom stereocenters. The van der Waals surface area contributed by atoms with Crippen molar-refractivity contribution in [1.29, 1.82) is 0 Å². The van der Waals surface area contributed by atoms with Crippen LogP contribution in [0, 0.1) is 0 Å². The smallest absolute Gasteiger partial charge is 0.128 e. The number of hydrogen-bond donors (Lipinski definition) is 1. The summed E-state index contributed by atoms with van der Waals surface area (Å²) in [5.74, 6) is 1.01. The van der Waals surface area contributed by atoms with E-state index in [9.17, 15) is 0 Å². The lowest BCUT2D eigenvalue weighted by molar-refractivity contribution is 0.137. The molecule has 21 heavy (non-hydrogen) atoms. The first-order chi connectivity index (χ1) is 9.94. The first-order valence-electron chi connectivity index (χ1n) is 6.93. The lowest BCUT2D eigenvalue weighted by atomic mass is 10.0. The summed E-state index contributed by atoms with van der Waals surface area (Å²) in [5.41, 5.74) is 3.25. The van der Waals surface area contributed by atoms with Crippen LogP contribution in [0.2, 0.25) is 10.0 Å². The summed E-state index contributed by atoms with van der Waals surface area (Å²) in [6.45, 7) is 4.92. The Hall–Kier alpha value is -1.38. The Morgan fingerprint density at radius 3 is 2.71 bits per heavy atom. The molecule has 1 aliphatic rings. The van der Waals surface area contributed by atoms with Gasteiger partial charge in [-0.1, -0.05) is 41.4 Å². The van der Waals surface area contributed by atoms with Crippen LogP contribution in [0.3, 0.4) is 0 Å². The first kappa shape index (κ1) is 14.6. The van der Waals surface area contributed by atoms with Gasteiger partial charge in [-0.15, -0.1) is 0 Å². The Kier molecular flexibility index (Phi) is 3.76. The first-order valence-corrected chi connectivity index (χ1v) is 7.69. The fourth-order valence-corrected chi connectivity index (χ4v) is 2.92. The quantitative estimate of drug-likeness (QED) is 0.826. The Bertz CT molecular complexity index is 682. The molecule has 0 saturated carbocycles. The van der Waals surface area contributed by atoms with Gasteiger partial charge in [0.15, 0.2) is 0 Å². The minimum absolute atomic E-state index is 0.123. The van der Waals surface area contributed by atoms with E-state index in [0.717, 1.165) is 23.4 Å². The number of hydrogen-bond acceptors (Lipinski definition) is 2. The predicted octanol–water partition coefficient (Wildman–Crippen LogP) is 5.32. The maximum absolute atomic E-state index is 6.07. The SMILES string of the molecule is CC1(C)Cc2cccc(CNc3ccc(Cl)c(Cl)c3)c2O1. The van der Waals surface area contributed by atoms with Crippen LogP contribution in [-0.4, -0.2) is 5.60 Å². The van der Waals surface area contributed by atoms with Gasteiger partial charge in [-0.05, 0) is 37.6 Å². The van der Waals surface area contributed by atoms with Gasteiger partial charge in [0.2, 0.25) is 0 Å². The lowest BCUT2D eigenvalue weighted by Gasteiger charge is -2.18. The lowest BCUT2D eigenvalue weighted by Crippen LogP contribution is -2.25. The normalized spacial score (nSPS) is 15.4. The van der Waals surface area contributed by atoms with E-state index in [4.69, 9.17) is 27.9 Å². The van der Waals surface area contributed by atoms with Gasteiger partial charge in [0.25, 0.3) is 0 Å². The van der Waals surface area contributed by atoms with E-state index < -0.39 is 0 Å². The van der Waals surface area contributed by atoms with Gasteiger partial charge < -0.3 is 10.1 Å². The molecule has 1 aliphatic heterocycles. The molecule has 0 bridgehead atoms. The van der Waals surface area contributed by atoms with Gasteiger partial charge >= 0.3 is 0 Å². The molecule has 2 aromatic carbocycles. The van der Waals surface area contributed by atoms with Crippen LogP contribution in [0.25, 0.3) is 0 Å². The van der Waals surface area contributed by atoms with Crippen LogP contribution in [0.4, 0.5) is 5.69 Å². The maximum Gasteiger partial charge on any atom is 0.128 e. The van der Waals surface area contributed by atoms with Crippen LogP contribution in [0.5, 0.6) is 5.75 Å². The number of ether oxygens (including phenoxy) is 1. The van der Waals surface area contributed by atoms with Crippen LogP contribution >= 0.6 is 23.2 Å². The molecule has 0 aromatic heterocycles. The average molecular weight is 322 g/mol. The molecule has 0 fully saturated rings. The second-order valence-electron chi connectivity index (χ2n) is 5.93. The summed E-state index contributed by atoms with van der Waals surface area (Å²) in [6, 6.07) is 11.8. The number of benzene rings is 2. The number of halogens is 2. The second-order valence-corrected chi connectivity index (χ2v) is 6.74. The van der Waals surface area contributed by atoms with Gasteiger partial charge in [-0.25, -0.2) is 0 Å². The highest BCUT2D eigenvalue weighted by Crippen LogP contribution is 2.37. The zero-order chi connectivity index (χ0) is 15.0. The highest BCUT2D eigenvalue weighted by Gasteiger charge is 2.31. The Labute approximate surface area is 135 Å². The monoisotopic (exact) mass is 321 g/mol. The molecule has 1 heterocycles. The molecule has 0 aliphatic carbocycles. The van der Waals surface area contributed by atoms with Gasteiger partial charge in [0.1, 0.15) is 11.4 Å². The summed E-state index contributed by atoms with van der Waals surface area (Å²) in [5, 5.41) is 4.48. The molecule has 0 unspecified atom stereocenters. The number of anilines is 1. The molecule has 1 N–H and O–H groups in total. The standard InChI is InChI=1S/C17H17Cl2NO/c1-17(2)9-11-4-3-5-12(16(11)21-17)10-20-13-6-7-14(18)15(19)8-13/h3-8,20H,9-10H2,1-2H3. The molecule has 0 spiro atoms. The average Bonchev–Trinajstić information content (AvgIpc) is 2.74. The molecule has 110 valence electrons. The van der Waals surface area contributed by atoms with Crippen molar-refractivity contribution in [2.24, 2.45) is 0 Å². The summed E-state index contributed by atoms with van der Waals surface area (Å²) >= 11 is 12.0. The zero-order valence-corrected chi connectivity index (χ0v) is 13.6. The minimum Gasteiger partial charge on any atom is -0.487 e. The zero-order valence-electron chi connectivity index (χ0n) is 12.0. The molecule has 2 nitrogen and oxygen atoms in total. The summed E-state index contributed by atoms with van der Waals surface area (Å²) in [6.07, 6.45) is 0.947. The van der Waals surface area contributed by atoms with Crippen molar-refractivity contribution in [2.75, 3.05) is 5.32 Å². The van der Waals surface area contributed by atoms with Crippen molar-refractivity contribution in [1.82, 2.24) is 0 Å². The molecular weight excluding hydrogens is 305 g/mol. The maximum atomic E-state index is 6.07. The van der Waals surface area contributed by atoms with E-state index in [1.54, 1.807) is 6.07 Å². The second kappa shape index (κ2) is 5.43. The van der Waals surface area contributed by atoms with E-state index in [0.29, 0.717) is 16.6 Å². The fourth-order valence-electron chi connectivity index (χ4n) is 2.62. The number of fused-ring (bicyclic) bond motifs is 1. The molecular formula is C17H17Cl2NO. The molecule has 0 amide bonds. The molecule has 0 saturated heterocycles. The number of nitrogens with one attached hydrogen (secondary N) is 1. The molecule has 4 heteroatoms. The summed E-state index contributed by atoms with van der Waals surface area (Å²) < 4.78 is 6.07. The molecule has 3 rings (SSSR count). The predicted molar refractivity (Wildman–Crippen MR) is 88.6 cm³/mol. The number of para-hydroxylation sites is 1. The van der Waals surface area contributed by atoms with E-state index >= 15 is 0 Å². The van der Waals surface area contributed by atoms with Crippen molar-refractivity contribution in [3.8, 4) is 5.75 Å². The largest absolute Gasteiger partial charge is 0.487 e. The van der Waals surface area contributed by atoms with Crippen molar-refractivity contribution >= 4 is 28.9 Å². The Morgan fingerprint density at radius 1 is 1.14 bits per heavy atom. The van der Waals surface area contributed by atoms with Gasteiger partial charge in [-0.3, -0.25) is 0 Å². The van der Waals surface area contributed by atoms with Crippen LogP contribution in [-0.2, 0) is 13.0 Å². The van der Waals surface area contributed by atoms with Crippen molar-refractivity contribution in [3.05, 3.63) is 57.6 Å². The summed E-state index contributed by atoms with van der Waals surface area (Å²) in [4.78, 5) is 0. The summed E-state index contributed by atoms with van der Waals surface area (Å²) in [7, 11) is 0. The Morgan fingerprint density at radius 2 is 1.95 bits per heavy atom. The van der Waals surface area contributed by atoms with E-state index in [2.05, 4.69) is 37.4 Å². The van der Waals surface area contributed by atoms with E-state index in [1.165, 1.54) is 5.56 Å². The van der Waals surface area contributed by atoms with Gasteiger partial charge in [0, 0.05) is 24.2 Å².